The predicted molar refractivity (Wildman–Crippen MR) is 103 cm³/mol. The number of amides is 2. The molecule has 0 bridgehead atoms. The van der Waals surface area contributed by atoms with E-state index in [-0.39, 0.29) is 24.8 Å². The van der Waals surface area contributed by atoms with Crippen LogP contribution in [0.2, 0.25) is 0 Å². The molecule has 2 aromatic rings. The van der Waals surface area contributed by atoms with Crippen LogP contribution in [0.3, 0.4) is 0 Å². The Hall–Kier alpha value is -2.66. The third kappa shape index (κ3) is 5.70. The van der Waals surface area contributed by atoms with Gasteiger partial charge in [-0.3, -0.25) is 9.59 Å². The molecule has 5 nitrogen and oxygen atoms in total. The quantitative estimate of drug-likeness (QED) is 0.793. The van der Waals surface area contributed by atoms with Gasteiger partial charge in [0.2, 0.25) is 11.8 Å². The fraction of sp³-hybridized carbons (Fsp3) is 0.333. The van der Waals surface area contributed by atoms with Crippen molar-refractivity contribution in [1.29, 1.82) is 0 Å². The van der Waals surface area contributed by atoms with E-state index in [1.54, 1.807) is 7.11 Å². The fourth-order valence-electron chi connectivity index (χ4n) is 2.63. The number of carbonyl (C=O) groups is 2. The summed E-state index contributed by atoms with van der Waals surface area (Å²) in [6.07, 6.45) is 0.265. The van der Waals surface area contributed by atoms with E-state index in [9.17, 15) is 9.59 Å². The Labute approximate surface area is 155 Å². The van der Waals surface area contributed by atoms with E-state index in [2.05, 4.69) is 5.32 Å². The summed E-state index contributed by atoms with van der Waals surface area (Å²) in [6, 6.07) is 15.3. The minimum Gasteiger partial charge on any atom is -0.383 e. The molecule has 0 aromatic heterocycles. The number of hydrogen-bond donors (Lipinski definition) is 1. The van der Waals surface area contributed by atoms with Crippen LogP contribution in [0.25, 0.3) is 0 Å². The third-order valence-electron chi connectivity index (χ3n) is 4.33. The van der Waals surface area contributed by atoms with Gasteiger partial charge in [0.05, 0.1) is 19.6 Å². The first-order valence-electron chi connectivity index (χ1n) is 8.68. The average molecular weight is 354 g/mol. The van der Waals surface area contributed by atoms with Crippen LogP contribution in [0.5, 0.6) is 0 Å². The molecular formula is C21H26N2O3. The molecule has 0 fully saturated rings. The number of methoxy groups -OCH3 is 1. The van der Waals surface area contributed by atoms with Gasteiger partial charge in [-0.2, -0.15) is 0 Å². The molecule has 0 saturated heterocycles. The molecule has 0 spiro atoms. The van der Waals surface area contributed by atoms with Gasteiger partial charge in [-0.1, -0.05) is 42.5 Å². The molecule has 2 amide bonds. The van der Waals surface area contributed by atoms with Gasteiger partial charge in [-0.25, -0.2) is 0 Å². The van der Waals surface area contributed by atoms with E-state index < -0.39 is 0 Å². The molecule has 0 atom stereocenters. The Kier molecular flexibility index (Phi) is 7.36. The molecule has 0 radical (unpaired) electrons. The summed E-state index contributed by atoms with van der Waals surface area (Å²) in [7, 11) is 1.58. The van der Waals surface area contributed by atoms with Crippen molar-refractivity contribution < 1.29 is 14.3 Å². The predicted octanol–water partition coefficient (Wildman–Crippen LogP) is 2.96. The molecule has 1 N–H and O–H groups in total. The number of anilines is 1. The Morgan fingerprint density at radius 3 is 2.46 bits per heavy atom. The topological polar surface area (TPSA) is 58.6 Å². The van der Waals surface area contributed by atoms with E-state index >= 15 is 0 Å². The lowest BCUT2D eigenvalue weighted by Gasteiger charge is -2.22. The normalized spacial score (nSPS) is 10.4. The van der Waals surface area contributed by atoms with E-state index in [1.807, 2.05) is 62.4 Å². The molecule has 138 valence electrons. The van der Waals surface area contributed by atoms with Gasteiger partial charge in [0.1, 0.15) is 0 Å². The van der Waals surface area contributed by atoms with Crippen LogP contribution < -0.4 is 5.32 Å². The first kappa shape index (κ1) is 19.7. The van der Waals surface area contributed by atoms with Crippen LogP contribution in [0.1, 0.15) is 16.7 Å². The number of rotatable bonds is 8. The van der Waals surface area contributed by atoms with Gasteiger partial charge in [0.15, 0.2) is 0 Å². The number of carbonyl (C=O) groups excluding carboxylic acids is 2. The maximum absolute atomic E-state index is 12.6. The number of hydrogen-bond acceptors (Lipinski definition) is 3. The molecule has 26 heavy (non-hydrogen) atoms. The second-order valence-electron chi connectivity index (χ2n) is 6.27. The molecule has 2 aromatic carbocycles. The van der Waals surface area contributed by atoms with Gasteiger partial charge in [0.25, 0.3) is 0 Å². The molecule has 5 heteroatoms. The van der Waals surface area contributed by atoms with Crippen LogP contribution in [0, 0.1) is 13.8 Å². The summed E-state index contributed by atoms with van der Waals surface area (Å²) >= 11 is 0. The second-order valence-corrected chi connectivity index (χ2v) is 6.27. The molecule has 2 rings (SSSR count). The maximum atomic E-state index is 12.6. The molecule has 0 heterocycles. The summed E-state index contributed by atoms with van der Waals surface area (Å²) < 4.78 is 5.08. The highest BCUT2D eigenvalue weighted by atomic mass is 16.5. The monoisotopic (exact) mass is 354 g/mol. The SMILES string of the molecule is COCCN(CC(=O)Nc1cccc(C)c1C)C(=O)Cc1ccccc1. The summed E-state index contributed by atoms with van der Waals surface area (Å²) in [5.41, 5.74) is 3.84. The van der Waals surface area contributed by atoms with Gasteiger partial charge < -0.3 is 15.0 Å². The first-order valence-corrected chi connectivity index (χ1v) is 8.68. The van der Waals surface area contributed by atoms with Crippen LogP contribution in [-0.4, -0.2) is 43.5 Å². The highest BCUT2D eigenvalue weighted by Crippen LogP contribution is 2.17. The average Bonchev–Trinajstić information content (AvgIpc) is 2.63. The van der Waals surface area contributed by atoms with Gasteiger partial charge in [-0.05, 0) is 36.6 Å². The molecule has 0 aliphatic heterocycles. The zero-order chi connectivity index (χ0) is 18.9. The van der Waals surface area contributed by atoms with Crippen LogP contribution in [0.15, 0.2) is 48.5 Å². The largest absolute Gasteiger partial charge is 0.383 e. The lowest BCUT2D eigenvalue weighted by atomic mass is 10.1. The minimum absolute atomic E-state index is 0.00239. The Balaban J connectivity index is 2.02. The third-order valence-corrected chi connectivity index (χ3v) is 4.33. The Bertz CT molecular complexity index is 744. The fourth-order valence-corrected chi connectivity index (χ4v) is 2.63. The summed E-state index contributed by atoms with van der Waals surface area (Å²) in [5.74, 6) is -0.305. The molecule has 0 saturated carbocycles. The van der Waals surface area contributed by atoms with Crippen molar-refractivity contribution in [1.82, 2.24) is 4.90 Å². The Morgan fingerprint density at radius 2 is 1.77 bits per heavy atom. The number of aryl methyl sites for hydroxylation is 1. The molecule has 0 aliphatic carbocycles. The van der Waals surface area contributed by atoms with Crippen molar-refractivity contribution in [3.8, 4) is 0 Å². The number of benzene rings is 2. The van der Waals surface area contributed by atoms with E-state index in [0.717, 1.165) is 22.4 Å². The summed E-state index contributed by atoms with van der Waals surface area (Å²) in [4.78, 5) is 26.6. The van der Waals surface area contributed by atoms with E-state index in [4.69, 9.17) is 4.74 Å². The van der Waals surface area contributed by atoms with Gasteiger partial charge in [-0.15, -0.1) is 0 Å². The van der Waals surface area contributed by atoms with Crippen molar-refractivity contribution in [2.45, 2.75) is 20.3 Å². The Morgan fingerprint density at radius 1 is 1.04 bits per heavy atom. The smallest absolute Gasteiger partial charge is 0.244 e. The first-order chi connectivity index (χ1) is 12.5. The standard InChI is InChI=1S/C21H26N2O3/c1-16-8-7-11-19(17(16)2)22-20(24)15-23(12-13-26-3)21(25)14-18-9-5-4-6-10-18/h4-11H,12-15H2,1-3H3,(H,22,24). The van der Waals surface area contributed by atoms with Crippen molar-refractivity contribution in [2.75, 3.05) is 32.1 Å². The van der Waals surface area contributed by atoms with Crippen LogP contribution >= 0.6 is 0 Å². The molecule has 0 aliphatic rings. The lowest BCUT2D eigenvalue weighted by molar-refractivity contribution is -0.134. The number of nitrogens with one attached hydrogen (secondary N) is 1. The van der Waals surface area contributed by atoms with Crippen LogP contribution in [0.4, 0.5) is 5.69 Å². The summed E-state index contributed by atoms with van der Waals surface area (Å²) in [6.45, 7) is 4.73. The lowest BCUT2D eigenvalue weighted by Crippen LogP contribution is -2.40. The number of nitrogens with zero attached hydrogens (tertiary/aromatic N) is 1. The van der Waals surface area contributed by atoms with Crippen molar-refractivity contribution in [2.24, 2.45) is 0 Å². The second kappa shape index (κ2) is 9.73. The molecule has 0 unspecified atom stereocenters. The highest BCUT2D eigenvalue weighted by Gasteiger charge is 2.18. The molecular weight excluding hydrogens is 328 g/mol. The van der Waals surface area contributed by atoms with Crippen LogP contribution in [-0.2, 0) is 20.7 Å². The minimum atomic E-state index is -0.212. The van der Waals surface area contributed by atoms with E-state index in [1.165, 1.54) is 4.90 Å². The maximum Gasteiger partial charge on any atom is 0.244 e. The van der Waals surface area contributed by atoms with Crippen molar-refractivity contribution >= 4 is 17.5 Å². The van der Waals surface area contributed by atoms with Gasteiger partial charge >= 0.3 is 0 Å². The van der Waals surface area contributed by atoms with Crippen molar-refractivity contribution in [3.05, 3.63) is 65.2 Å². The summed E-state index contributed by atoms with van der Waals surface area (Å²) in [5, 5.41) is 2.90. The zero-order valence-corrected chi connectivity index (χ0v) is 15.6. The highest BCUT2D eigenvalue weighted by molar-refractivity contribution is 5.95. The zero-order valence-electron chi connectivity index (χ0n) is 15.6. The number of ether oxygens (including phenoxy) is 1. The van der Waals surface area contributed by atoms with Crippen molar-refractivity contribution in [3.63, 3.8) is 0 Å². The van der Waals surface area contributed by atoms with Gasteiger partial charge in [0, 0.05) is 19.3 Å². The van der Waals surface area contributed by atoms with E-state index in [0.29, 0.717) is 13.2 Å².